The Kier molecular flexibility index (Phi) is 7.02. The van der Waals surface area contributed by atoms with Crippen LogP contribution in [-0.2, 0) is 0 Å². The molecule has 0 aliphatic rings. The monoisotopic (exact) mass is 514 g/mol. The number of benzene rings is 2. The highest BCUT2D eigenvalue weighted by Gasteiger charge is 2.28. The normalized spacial score (nSPS) is 12.0. The molecule has 198 valence electrons. The van der Waals surface area contributed by atoms with Crippen LogP contribution in [-0.4, -0.2) is 25.8 Å². The van der Waals surface area contributed by atoms with E-state index in [-0.39, 0.29) is 22.2 Å². The Bertz CT molecular complexity index is 1530. The van der Waals surface area contributed by atoms with Gasteiger partial charge < -0.3 is 10.1 Å². The van der Waals surface area contributed by atoms with Crippen LogP contribution < -0.4 is 10.1 Å². The number of nitrogens with zero attached hydrogens (tertiary/aromatic N) is 3. The van der Waals surface area contributed by atoms with E-state index >= 15 is 0 Å². The third-order valence-electron chi connectivity index (χ3n) is 6.23. The molecule has 0 atom stereocenters. The summed E-state index contributed by atoms with van der Waals surface area (Å²) in [6, 6.07) is 15.5. The molecular weight excluding hydrogens is 480 g/mol. The number of fused-ring (bicyclic) bond motifs is 1. The topological polar surface area (TPSA) is 98.8 Å². The van der Waals surface area contributed by atoms with Crippen LogP contribution in [0, 0.1) is 29.4 Å². The third-order valence-corrected chi connectivity index (χ3v) is 6.23. The molecule has 2 aromatic carbocycles. The number of anilines is 1. The summed E-state index contributed by atoms with van der Waals surface area (Å²) in [4.78, 5) is 28.6. The van der Waals surface area contributed by atoms with E-state index in [1.165, 1.54) is 12.1 Å². The highest BCUT2D eigenvalue weighted by atomic mass is 16.6. The van der Waals surface area contributed by atoms with Gasteiger partial charge in [0.05, 0.1) is 10.5 Å². The van der Waals surface area contributed by atoms with Crippen molar-refractivity contribution in [2.75, 3.05) is 5.32 Å². The van der Waals surface area contributed by atoms with Crippen LogP contribution in [0.1, 0.15) is 62.5 Å². The lowest BCUT2D eigenvalue weighted by Gasteiger charge is -2.34. The number of aromatic nitrogens is 2. The summed E-state index contributed by atoms with van der Waals surface area (Å²) in [5, 5.41) is 15.0. The van der Waals surface area contributed by atoms with Gasteiger partial charge in [-0.3, -0.25) is 14.5 Å². The van der Waals surface area contributed by atoms with Crippen LogP contribution >= 0.6 is 0 Å². The van der Waals surface area contributed by atoms with E-state index in [4.69, 9.17) is 9.72 Å². The number of nitro benzene ring substituents is 1. The van der Waals surface area contributed by atoms with E-state index in [0.717, 1.165) is 34.7 Å². The molecule has 0 radical (unpaired) electrons. The Morgan fingerprint density at radius 2 is 1.76 bits per heavy atom. The van der Waals surface area contributed by atoms with Crippen LogP contribution in [0.25, 0.3) is 16.9 Å². The predicted octanol–water partition coefficient (Wildman–Crippen LogP) is 7.37. The zero-order valence-electron chi connectivity index (χ0n) is 23.0. The van der Waals surface area contributed by atoms with Gasteiger partial charge in [0.25, 0.3) is 5.69 Å². The van der Waals surface area contributed by atoms with Gasteiger partial charge in [-0.1, -0.05) is 45.0 Å². The number of pyridine rings is 1. The minimum absolute atomic E-state index is 0.113. The van der Waals surface area contributed by atoms with Gasteiger partial charge in [0.15, 0.2) is 0 Å². The van der Waals surface area contributed by atoms with Crippen molar-refractivity contribution in [2.45, 2.75) is 60.4 Å². The maximum Gasteiger partial charge on any atom is 0.343 e. The first-order valence-corrected chi connectivity index (χ1v) is 12.6. The number of nitro groups is 1. The summed E-state index contributed by atoms with van der Waals surface area (Å²) < 4.78 is 7.68. The summed E-state index contributed by atoms with van der Waals surface area (Å²) in [6.45, 7) is 14.7. The average Bonchev–Trinajstić information content (AvgIpc) is 3.16. The molecule has 0 unspecified atom stereocenters. The van der Waals surface area contributed by atoms with Gasteiger partial charge in [0.1, 0.15) is 22.9 Å². The Morgan fingerprint density at radius 1 is 1.03 bits per heavy atom. The number of ether oxygens (including phenoxy) is 1. The van der Waals surface area contributed by atoms with E-state index in [1.54, 1.807) is 31.2 Å². The quantitative estimate of drug-likeness (QED) is 0.120. The first kappa shape index (κ1) is 26.9. The number of imidazole rings is 1. The van der Waals surface area contributed by atoms with Crippen LogP contribution in [0.5, 0.6) is 5.75 Å². The number of nitrogens with one attached hydrogen (secondary N) is 1. The molecule has 2 heterocycles. The third kappa shape index (κ3) is 5.85. The zero-order valence-corrected chi connectivity index (χ0v) is 23.0. The molecule has 0 bridgehead atoms. The largest absolute Gasteiger partial charge is 0.423 e. The van der Waals surface area contributed by atoms with Gasteiger partial charge in [0.2, 0.25) is 0 Å². The molecule has 0 spiro atoms. The van der Waals surface area contributed by atoms with Gasteiger partial charge >= 0.3 is 5.97 Å². The highest BCUT2D eigenvalue weighted by molar-refractivity contribution is 5.92. The summed E-state index contributed by atoms with van der Waals surface area (Å²) in [7, 11) is 0. The second-order valence-electron chi connectivity index (χ2n) is 11.6. The second kappa shape index (κ2) is 9.93. The highest BCUT2D eigenvalue weighted by Crippen LogP contribution is 2.36. The molecular formula is C30H34N4O4. The molecule has 2 aromatic heterocycles. The summed E-state index contributed by atoms with van der Waals surface area (Å²) in [5.41, 5.74) is 3.76. The molecule has 0 aliphatic heterocycles. The van der Waals surface area contributed by atoms with Crippen LogP contribution in [0.15, 0.2) is 60.8 Å². The fraction of sp³-hybridized carbons (Fsp3) is 0.333. The molecule has 38 heavy (non-hydrogen) atoms. The molecule has 4 aromatic rings. The summed E-state index contributed by atoms with van der Waals surface area (Å²) >= 11 is 0. The fourth-order valence-electron chi connectivity index (χ4n) is 5.02. The zero-order chi connectivity index (χ0) is 27.8. The average molecular weight is 515 g/mol. The number of hydrogen-bond donors (Lipinski definition) is 1. The van der Waals surface area contributed by atoms with Crippen molar-refractivity contribution in [3.05, 3.63) is 87.6 Å². The molecule has 0 saturated heterocycles. The number of aryl methyl sites for hydroxylation is 2. The van der Waals surface area contributed by atoms with Crippen molar-refractivity contribution in [3.63, 3.8) is 0 Å². The van der Waals surface area contributed by atoms with Crippen molar-refractivity contribution < 1.29 is 14.5 Å². The minimum Gasteiger partial charge on any atom is -0.423 e. The molecule has 1 N–H and O–H groups in total. The summed E-state index contributed by atoms with van der Waals surface area (Å²) in [6.07, 6.45) is 2.92. The van der Waals surface area contributed by atoms with Crippen LogP contribution in [0.3, 0.4) is 0 Å². The lowest BCUT2D eigenvalue weighted by molar-refractivity contribution is -0.385. The second-order valence-corrected chi connectivity index (χ2v) is 11.6. The van der Waals surface area contributed by atoms with Gasteiger partial charge in [0, 0.05) is 28.9 Å². The van der Waals surface area contributed by atoms with E-state index in [9.17, 15) is 14.9 Å². The number of rotatable bonds is 7. The van der Waals surface area contributed by atoms with Crippen molar-refractivity contribution >= 4 is 23.1 Å². The van der Waals surface area contributed by atoms with Gasteiger partial charge in [-0.05, 0) is 69.4 Å². The summed E-state index contributed by atoms with van der Waals surface area (Å²) in [5.74, 6) is 0.515. The lowest BCUT2D eigenvalue weighted by atomic mass is 9.82. The fourth-order valence-corrected chi connectivity index (χ4v) is 5.02. The van der Waals surface area contributed by atoms with Crippen LogP contribution in [0.4, 0.5) is 11.5 Å². The van der Waals surface area contributed by atoms with Crippen molar-refractivity contribution in [3.8, 4) is 17.0 Å². The Hall–Kier alpha value is -4.20. The van der Waals surface area contributed by atoms with Crippen molar-refractivity contribution in [1.29, 1.82) is 0 Å². The Labute approximate surface area is 222 Å². The molecule has 0 amide bonds. The standard InChI is InChI=1S/C30H34N4O4/c1-19-13-14-22(17-24(19)34(36)37)28(35)38-23-12-8-11-21(16-23)25-27(32-30(6,7)18-29(3,4)5)33-15-9-10-20(2)26(33)31-25/h8-17,32H,18H2,1-7H3. The molecule has 8 heteroatoms. The van der Waals surface area contributed by atoms with Gasteiger partial charge in [-0.15, -0.1) is 0 Å². The first-order valence-electron chi connectivity index (χ1n) is 12.6. The molecule has 0 aliphatic carbocycles. The molecule has 4 rings (SSSR count). The number of carbonyl (C=O) groups is 1. The van der Waals surface area contributed by atoms with E-state index in [0.29, 0.717) is 11.3 Å². The molecule has 0 fully saturated rings. The van der Waals surface area contributed by atoms with Crippen molar-refractivity contribution in [2.24, 2.45) is 5.41 Å². The maximum atomic E-state index is 12.8. The smallest absolute Gasteiger partial charge is 0.343 e. The van der Waals surface area contributed by atoms with Crippen molar-refractivity contribution in [1.82, 2.24) is 9.38 Å². The van der Waals surface area contributed by atoms with Gasteiger partial charge in [-0.2, -0.15) is 0 Å². The van der Waals surface area contributed by atoms with E-state index in [1.807, 2.05) is 31.3 Å². The lowest BCUT2D eigenvalue weighted by Crippen LogP contribution is -2.36. The minimum atomic E-state index is -0.666. The predicted molar refractivity (Wildman–Crippen MR) is 150 cm³/mol. The van der Waals surface area contributed by atoms with E-state index < -0.39 is 10.9 Å². The Balaban J connectivity index is 1.72. The Morgan fingerprint density at radius 3 is 2.45 bits per heavy atom. The SMILES string of the molecule is Cc1ccc(C(=O)Oc2cccc(-c3nc4c(C)cccn4c3NC(C)(C)CC(C)(C)C)c2)cc1[N+](=O)[O-]. The molecule has 0 saturated carbocycles. The number of esters is 1. The molecule has 8 nitrogen and oxygen atoms in total. The van der Waals surface area contributed by atoms with E-state index in [2.05, 4.69) is 44.3 Å². The number of carbonyl (C=O) groups excluding carboxylic acids is 1. The van der Waals surface area contributed by atoms with Crippen LogP contribution in [0.2, 0.25) is 0 Å². The maximum absolute atomic E-state index is 12.8. The number of hydrogen-bond acceptors (Lipinski definition) is 6. The van der Waals surface area contributed by atoms with Gasteiger partial charge in [-0.25, -0.2) is 9.78 Å². The first-order chi connectivity index (χ1) is 17.7.